The molecule has 0 spiro atoms. The Bertz CT molecular complexity index is 732. The summed E-state index contributed by atoms with van der Waals surface area (Å²) >= 11 is 0. The molecule has 0 unspecified atom stereocenters. The second-order valence-corrected chi connectivity index (χ2v) is 5.50. The predicted octanol–water partition coefficient (Wildman–Crippen LogP) is 2.04. The highest BCUT2D eigenvalue weighted by Gasteiger charge is 2.10. The van der Waals surface area contributed by atoms with Crippen LogP contribution in [0.15, 0.2) is 42.7 Å². The number of pyridine rings is 1. The van der Waals surface area contributed by atoms with Gasteiger partial charge in [-0.25, -0.2) is 0 Å². The van der Waals surface area contributed by atoms with Crippen molar-refractivity contribution in [3.8, 4) is 11.5 Å². The number of methoxy groups -OCH3 is 1. The van der Waals surface area contributed by atoms with E-state index in [1.807, 2.05) is 6.92 Å². The summed E-state index contributed by atoms with van der Waals surface area (Å²) in [6, 6.07) is 8.72. The summed E-state index contributed by atoms with van der Waals surface area (Å²) in [7, 11) is 1.60. The van der Waals surface area contributed by atoms with Crippen molar-refractivity contribution >= 4 is 11.8 Å². The van der Waals surface area contributed by atoms with Crippen molar-refractivity contribution in [2.75, 3.05) is 26.8 Å². The molecule has 0 radical (unpaired) electrons. The number of ether oxygens (including phenoxy) is 2. The predicted molar refractivity (Wildman–Crippen MR) is 97.7 cm³/mol. The van der Waals surface area contributed by atoms with Crippen molar-refractivity contribution < 1.29 is 19.1 Å². The van der Waals surface area contributed by atoms with Gasteiger partial charge in [0.15, 0.2) is 0 Å². The highest BCUT2D eigenvalue weighted by molar-refractivity contribution is 5.99. The van der Waals surface area contributed by atoms with Crippen LogP contribution in [0.5, 0.6) is 11.5 Å². The van der Waals surface area contributed by atoms with Gasteiger partial charge in [-0.2, -0.15) is 0 Å². The zero-order chi connectivity index (χ0) is 18.8. The lowest BCUT2D eigenvalue weighted by molar-refractivity contribution is 0.0946. The second kappa shape index (κ2) is 10.0. The summed E-state index contributed by atoms with van der Waals surface area (Å²) < 4.78 is 10.6. The average Bonchev–Trinajstić information content (AvgIpc) is 2.69. The number of benzene rings is 1. The molecule has 7 nitrogen and oxygen atoms in total. The fourth-order valence-corrected chi connectivity index (χ4v) is 2.14. The molecule has 0 aliphatic carbocycles. The van der Waals surface area contributed by atoms with Crippen LogP contribution in [0.1, 0.15) is 34.1 Å². The minimum atomic E-state index is -0.305. The van der Waals surface area contributed by atoms with Gasteiger partial charge in [0.05, 0.1) is 24.8 Å². The third-order valence-electron chi connectivity index (χ3n) is 3.51. The van der Waals surface area contributed by atoms with E-state index in [2.05, 4.69) is 15.6 Å². The maximum absolute atomic E-state index is 12.2. The van der Waals surface area contributed by atoms with Crippen LogP contribution in [0.4, 0.5) is 0 Å². The largest absolute Gasteiger partial charge is 0.497 e. The first-order valence-corrected chi connectivity index (χ1v) is 8.42. The minimum absolute atomic E-state index is 0.239. The molecule has 1 heterocycles. The summed E-state index contributed by atoms with van der Waals surface area (Å²) in [4.78, 5) is 28.1. The van der Waals surface area contributed by atoms with Crippen LogP contribution in [0.3, 0.4) is 0 Å². The molecule has 0 fully saturated rings. The third-order valence-corrected chi connectivity index (χ3v) is 3.51. The Morgan fingerprint density at radius 1 is 0.962 bits per heavy atom. The molecule has 0 atom stereocenters. The molecule has 1 aromatic heterocycles. The van der Waals surface area contributed by atoms with Crippen LogP contribution >= 0.6 is 0 Å². The number of aromatic nitrogens is 1. The highest BCUT2D eigenvalue weighted by atomic mass is 16.5. The molecule has 0 saturated heterocycles. The van der Waals surface area contributed by atoms with Gasteiger partial charge in [-0.05, 0) is 36.8 Å². The summed E-state index contributed by atoms with van der Waals surface area (Å²) in [5.41, 5.74) is 0.694. The molecular weight excluding hydrogens is 334 g/mol. The fourth-order valence-electron chi connectivity index (χ4n) is 2.14. The number of carbonyl (C=O) groups is 2. The molecule has 138 valence electrons. The minimum Gasteiger partial charge on any atom is -0.497 e. The Balaban J connectivity index is 1.80. The Labute approximate surface area is 152 Å². The molecule has 2 N–H and O–H groups in total. The van der Waals surface area contributed by atoms with Crippen molar-refractivity contribution in [3.63, 3.8) is 0 Å². The fraction of sp³-hybridized carbons (Fsp3) is 0.316. The molecule has 0 aliphatic heterocycles. The number of hydrogen-bond acceptors (Lipinski definition) is 5. The van der Waals surface area contributed by atoms with Crippen LogP contribution in [0.2, 0.25) is 0 Å². The molecule has 2 aromatic rings. The summed E-state index contributed by atoms with van der Waals surface area (Å²) in [5, 5.41) is 5.49. The molecular formula is C19H23N3O4. The Morgan fingerprint density at radius 3 is 2.12 bits per heavy atom. The van der Waals surface area contributed by atoms with Crippen LogP contribution < -0.4 is 20.1 Å². The van der Waals surface area contributed by atoms with Crippen LogP contribution in [0.25, 0.3) is 0 Å². The van der Waals surface area contributed by atoms with Gasteiger partial charge in [-0.1, -0.05) is 6.92 Å². The number of rotatable bonds is 9. The first-order chi connectivity index (χ1) is 12.6. The lowest BCUT2D eigenvalue weighted by Gasteiger charge is -2.09. The molecule has 2 rings (SSSR count). The molecule has 0 aliphatic rings. The number of carbonyl (C=O) groups excluding carboxylic acids is 2. The highest BCUT2D eigenvalue weighted by Crippen LogP contribution is 2.16. The standard InChI is InChI=1S/C19H23N3O4/c1-3-8-21-18(23)14-11-15(13-20-12-14)19(24)22-9-10-26-17-6-4-16(25-2)5-7-17/h4-7,11-13H,3,8-10H2,1-2H3,(H,21,23)(H,22,24). The Kier molecular flexibility index (Phi) is 7.42. The van der Waals surface area contributed by atoms with Gasteiger partial charge in [-0.15, -0.1) is 0 Å². The zero-order valence-corrected chi connectivity index (χ0v) is 15.0. The van der Waals surface area contributed by atoms with Crippen molar-refractivity contribution in [3.05, 3.63) is 53.9 Å². The zero-order valence-electron chi connectivity index (χ0n) is 15.0. The molecule has 0 saturated carbocycles. The van der Waals surface area contributed by atoms with Crippen LogP contribution in [-0.2, 0) is 0 Å². The van der Waals surface area contributed by atoms with E-state index in [4.69, 9.17) is 9.47 Å². The number of nitrogens with one attached hydrogen (secondary N) is 2. The van der Waals surface area contributed by atoms with Gasteiger partial charge < -0.3 is 20.1 Å². The third kappa shape index (κ3) is 5.77. The molecule has 2 amide bonds. The first-order valence-electron chi connectivity index (χ1n) is 8.42. The summed E-state index contributed by atoms with van der Waals surface area (Å²) in [6.45, 7) is 3.20. The lowest BCUT2D eigenvalue weighted by atomic mass is 10.2. The summed E-state index contributed by atoms with van der Waals surface area (Å²) in [5.74, 6) is 0.898. The summed E-state index contributed by atoms with van der Waals surface area (Å²) in [6.07, 6.45) is 3.71. The van der Waals surface area contributed by atoms with Gasteiger partial charge in [0, 0.05) is 18.9 Å². The molecule has 7 heteroatoms. The first kappa shape index (κ1) is 19.2. The number of nitrogens with zero attached hydrogens (tertiary/aromatic N) is 1. The number of amides is 2. The van der Waals surface area contributed by atoms with Gasteiger partial charge in [0.2, 0.25) is 0 Å². The van der Waals surface area contributed by atoms with Crippen molar-refractivity contribution in [1.29, 1.82) is 0 Å². The Morgan fingerprint density at radius 2 is 1.54 bits per heavy atom. The van der Waals surface area contributed by atoms with E-state index < -0.39 is 0 Å². The van der Waals surface area contributed by atoms with E-state index in [0.29, 0.717) is 36.6 Å². The van der Waals surface area contributed by atoms with Crippen molar-refractivity contribution in [1.82, 2.24) is 15.6 Å². The normalized spacial score (nSPS) is 10.1. The van der Waals surface area contributed by atoms with E-state index in [1.54, 1.807) is 31.4 Å². The van der Waals surface area contributed by atoms with Crippen molar-refractivity contribution in [2.45, 2.75) is 13.3 Å². The molecule has 26 heavy (non-hydrogen) atoms. The van der Waals surface area contributed by atoms with E-state index in [-0.39, 0.29) is 11.8 Å². The van der Waals surface area contributed by atoms with Crippen LogP contribution in [-0.4, -0.2) is 43.6 Å². The maximum atomic E-state index is 12.2. The number of hydrogen-bond donors (Lipinski definition) is 2. The second-order valence-electron chi connectivity index (χ2n) is 5.50. The molecule has 0 bridgehead atoms. The monoisotopic (exact) mass is 357 g/mol. The van der Waals surface area contributed by atoms with Gasteiger partial charge in [-0.3, -0.25) is 14.6 Å². The Hall–Kier alpha value is -3.09. The van der Waals surface area contributed by atoms with E-state index in [1.165, 1.54) is 18.5 Å². The molecule has 1 aromatic carbocycles. The van der Waals surface area contributed by atoms with E-state index in [9.17, 15) is 9.59 Å². The van der Waals surface area contributed by atoms with Gasteiger partial charge in [0.1, 0.15) is 18.1 Å². The quantitative estimate of drug-likeness (QED) is 0.671. The lowest BCUT2D eigenvalue weighted by Crippen LogP contribution is -2.29. The van der Waals surface area contributed by atoms with Crippen LogP contribution in [0, 0.1) is 0 Å². The SMILES string of the molecule is CCCNC(=O)c1cncc(C(=O)NCCOc2ccc(OC)cc2)c1. The maximum Gasteiger partial charge on any atom is 0.252 e. The van der Waals surface area contributed by atoms with E-state index in [0.717, 1.165) is 12.2 Å². The van der Waals surface area contributed by atoms with Crippen molar-refractivity contribution in [2.24, 2.45) is 0 Å². The smallest absolute Gasteiger partial charge is 0.252 e. The van der Waals surface area contributed by atoms with E-state index >= 15 is 0 Å². The van der Waals surface area contributed by atoms with Gasteiger partial charge in [0.25, 0.3) is 11.8 Å². The van der Waals surface area contributed by atoms with Gasteiger partial charge >= 0.3 is 0 Å². The topological polar surface area (TPSA) is 89.6 Å². The average molecular weight is 357 g/mol.